The molecule has 0 atom stereocenters. The van der Waals surface area contributed by atoms with E-state index in [0.717, 1.165) is 11.3 Å². The van der Waals surface area contributed by atoms with E-state index in [9.17, 15) is 4.79 Å². The Labute approximate surface area is 159 Å². The second kappa shape index (κ2) is 7.15. The number of amides is 1. The summed E-state index contributed by atoms with van der Waals surface area (Å²) in [5.74, 6) is -0.286. The van der Waals surface area contributed by atoms with Crippen molar-refractivity contribution in [2.75, 3.05) is 5.32 Å². The molecule has 0 bridgehead atoms. The first-order valence-corrected chi connectivity index (χ1v) is 9.27. The van der Waals surface area contributed by atoms with E-state index in [2.05, 4.69) is 15.4 Å². The van der Waals surface area contributed by atoms with Crippen molar-refractivity contribution in [3.8, 4) is 11.3 Å². The molecule has 0 unspecified atom stereocenters. The lowest BCUT2D eigenvalue weighted by atomic mass is 10.2. The summed E-state index contributed by atoms with van der Waals surface area (Å²) in [6.45, 7) is 5.96. The van der Waals surface area contributed by atoms with Crippen molar-refractivity contribution >= 4 is 45.6 Å². The fourth-order valence-corrected chi connectivity index (χ4v) is 3.65. The van der Waals surface area contributed by atoms with Gasteiger partial charge >= 0.3 is 0 Å². The minimum absolute atomic E-state index is 0.195. The molecule has 0 spiro atoms. The van der Waals surface area contributed by atoms with Gasteiger partial charge in [-0.3, -0.25) is 14.8 Å². The Balaban J connectivity index is 1.79. The fourth-order valence-electron chi connectivity index (χ4n) is 2.43. The van der Waals surface area contributed by atoms with Crippen LogP contribution in [0.1, 0.15) is 36.1 Å². The van der Waals surface area contributed by atoms with Crippen LogP contribution in [0.5, 0.6) is 0 Å². The minimum Gasteiger partial charge on any atom is -0.296 e. The second-order valence-electron chi connectivity index (χ2n) is 5.83. The number of hydrogen-bond acceptors (Lipinski definition) is 4. The highest BCUT2D eigenvalue weighted by Crippen LogP contribution is 2.32. The molecule has 0 saturated carbocycles. The van der Waals surface area contributed by atoms with Gasteiger partial charge in [0.1, 0.15) is 0 Å². The summed E-state index contributed by atoms with van der Waals surface area (Å²) in [5.41, 5.74) is 2.76. The molecule has 0 aliphatic carbocycles. The van der Waals surface area contributed by atoms with Crippen LogP contribution in [0.2, 0.25) is 10.0 Å². The van der Waals surface area contributed by atoms with Gasteiger partial charge in [0.15, 0.2) is 10.8 Å². The van der Waals surface area contributed by atoms with Gasteiger partial charge in [0.25, 0.3) is 5.91 Å². The monoisotopic (exact) mass is 394 g/mol. The van der Waals surface area contributed by atoms with Gasteiger partial charge in [0.2, 0.25) is 0 Å². The third-order valence-corrected chi connectivity index (χ3v) is 4.88. The van der Waals surface area contributed by atoms with E-state index in [4.69, 9.17) is 23.2 Å². The van der Waals surface area contributed by atoms with Crippen molar-refractivity contribution in [2.24, 2.45) is 0 Å². The molecule has 0 aliphatic rings. The lowest BCUT2D eigenvalue weighted by Crippen LogP contribution is -2.13. The number of thiazole rings is 1. The van der Waals surface area contributed by atoms with Gasteiger partial charge in [0, 0.05) is 27.7 Å². The fraction of sp³-hybridized carbons (Fsp3) is 0.235. The summed E-state index contributed by atoms with van der Waals surface area (Å²) >= 11 is 13.4. The zero-order chi connectivity index (χ0) is 18.1. The predicted molar refractivity (Wildman–Crippen MR) is 103 cm³/mol. The highest BCUT2D eigenvalue weighted by Gasteiger charge is 2.16. The molecule has 0 aliphatic heterocycles. The van der Waals surface area contributed by atoms with Crippen molar-refractivity contribution in [1.29, 1.82) is 0 Å². The average Bonchev–Trinajstić information content (AvgIpc) is 3.14. The SMILES string of the molecule is Cc1cc(C(=O)Nc2nc(-c3ccc(Cl)cc3Cl)cs2)nn1C(C)C. The number of nitrogens with zero attached hydrogens (tertiary/aromatic N) is 3. The lowest BCUT2D eigenvalue weighted by molar-refractivity contribution is 0.102. The van der Waals surface area contributed by atoms with Crippen LogP contribution < -0.4 is 5.32 Å². The first kappa shape index (κ1) is 17.9. The molecule has 1 aromatic carbocycles. The third-order valence-electron chi connectivity index (χ3n) is 3.58. The predicted octanol–water partition coefficient (Wildman–Crippen LogP) is 5.46. The Morgan fingerprint density at radius 1 is 1.28 bits per heavy atom. The third kappa shape index (κ3) is 3.86. The normalized spacial score (nSPS) is 11.1. The summed E-state index contributed by atoms with van der Waals surface area (Å²) in [6, 6.07) is 7.18. The summed E-state index contributed by atoms with van der Waals surface area (Å²) in [7, 11) is 0. The van der Waals surface area contributed by atoms with Crippen LogP contribution in [0.15, 0.2) is 29.6 Å². The van der Waals surface area contributed by atoms with E-state index >= 15 is 0 Å². The van der Waals surface area contributed by atoms with Gasteiger partial charge in [-0.25, -0.2) is 4.98 Å². The van der Waals surface area contributed by atoms with Crippen LogP contribution in [0.3, 0.4) is 0 Å². The molecule has 1 amide bonds. The number of aryl methyl sites for hydroxylation is 1. The standard InChI is InChI=1S/C17H16Cl2N4OS/c1-9(2)23-10(3)6-14(22-23)16(24)21-17-20-15(8-25-17)12-5-4-11(18)7-13(12)19/h4-9H,1-3H3,(H,20,21,24). The molecular weight excluding hydrogens is 379 g/mol. The van der Waals surface area contributed by atoms with E-state index in [1.807, 2.05) is 30.8 Å². The van der Waals surface area contributed by atoms with Gasteiger partial charge in [-0.1, -0.05) is 23.2 Å². The summed E-state index contributed by atoms with van der Waals surface area (Å²) in [4.78, 5) is 16.8. The Morgan fingerprint density at radius 3 is 2.68 bits per heavy atom. The molecule has 0 radical (unpaired) electrons. The van der Waals surface area contributed by atoms with Gasteiger partial charge in [-0.05, 0) is 45.0 Å². The van der Waals surface area contributed by atoms with E-state index in [1.165, 1.54) is 11.3 Å². The van der Waals surface area contributed by atoms with Crippen molar-refractivity contribution < 1.29 is 4.79 Å². The number of carbonyl (C=O) groups is 1. The Kier molecular flexibility index (Phi) is 5.13. The second-order valence-corrected chi connectivity index (χ2v) is 7.53. The van der Waals surface area contributed by atoms with Crippen LogP contribution in [-0.4, -0.2) is 20.7 Å². The molecule has 0 saturated heterocycles. The van der Waals surface area contributed by atoms with Gasteiger partial charge < -0.3 is 0 Å². The maximum Gasteiger partial charge on any atom is 0.277 e. The van der Waals surface area contributed by atoms with Crippen molar-refractivity contribution in [3.05, 3.63) is 51.1 Å². The van der Waals surface area contributed by atoms with Gasteiger partial charge in [-0.15, -0.1) is 11.3 Å². The van der Waals surface area contributed by atoms with Crippen LogP contribution in [0.25, 0.3) is 11.3 Å². The molecule has 3 rings (SSSR count). The molecule has 0 fully saturated rings. The number of aromatic nitrogens is 3. The summed E-state index contributed by atoms with van der Waals surface area (Å²) in [5, 5.41) is 10.5. The smallest absolute Gasteiger partial charge is 0.277 e. The van der Waals surface area contributed by atoms with Crippen molar-refractivity contribution in [3.63, 3.8) is 0 Å². The average molecular weight is 395 g/mol. The topological polar surface area (TPSA) is 59.8 Å². The zero-order valence-corrected chi connectivity index (χ0v) is 16.2. The van der Waals surface area contributed by atoms with Gasteiger partial charge in [0.05, 0.1) is 10.7 Å². The molecule has 2 heterocycles. The number of rotatable bonds is 4. The number of hydrogen-bond donors (Lipinski definition) is 1. The molecule has 1 N–H and O–H groups in total. The summed E-state index contributed by atoms with van der Waals surface area (Å²) in [6.07, 6.45) is 0. The van der Waals surface area contributed by atoms with Crippen molar-refractivity contribution in [2.45, 2.75) is 26.8 Å². The number of nitrogens with one attached hydrogen (secondary N) is 1. The van der Waals surface area contributed by atoms with E-state index in [0.29, 0.717) is 26.6 Å². The molecule has 8 heteroatoms. The Bertz CT molecular complexity index is 933. The van der Waals surface area contributed by atoms with Crippen LogP contribution >= 0.6 is 34.5 Å². The molecule has 3 aromatic rings. The zero-order valence-electron chi connectivity index (χ0n) is 13.9. The molecule has 5 nitrogen and oxygen atoms in total. The van der Waals surface area contributed by atoms with Crippen molar-refractivity contribution in [1.82, 2.24) is 14.8 Å². The quantitative estimate of drug-likeness (QED) is 0.639. The number of halogens is 2. The molecule has 2 aromatic heterocycles. The maximum absolute atomic E-state index is 12.4. The molecule has 25 heavy (non-hydrogen) atoms. The number of anilines is 1. The van der Waals surface area contributed by atoms with E-state index < -0.39 is 0 Å². The largest absolute Gasteiger partial charge is 0.296 e. The highest BCUT2D eigenvalue weighted by atomic mass is 35.5. The minimum atomic E-state index is -0.286. The lowest BCUT2D eigenvalue weighted by Gasteiger charge is -2.06. The van der Waals surface area contributed by atoms with Crippen LogP contribution in [0.4, 0.5) is 5.13 Å². The molecule has 130 valence electrons. The first-order valence-electron chi connectivity index (χ1n) is 7.63. The number of benzene rings is 1. The Hall–Kier alpha value is -1.89. The number of carbonyl (C=O) groups excluding carboxylic acids is 1. The molecular formula is C17H16Cl2N4OS. The maximum atomic E-state index is 12.4. The summed E-state index contributed by atoms with van der Waals surface area (Å²) < 4.78 is 1.82. The van der Waals surface area contributed by atoms with Crippen LogP contribution in [-0.2, 0) is 0 Å². The Morgan fingerprint density at radius 2 is 2.04 bits per heavy atom. The van der Waals surface area contributed by atoms with Crippen LogP contribution in [0, 0.1) is 6.92 Å². The van der Waals surface area contributed by atoms with E-state index in [-0.39, 0.29) is 11.9 Å². The first-order chi connectivity index (χ1) is 11.8. The van der Waals surface area contributed by atoms with Gasteiger partial charge in [-0.2, -0.15) is 5.10 Å². The van der Waals surface area contributed by atoms with E-state index in [1.54, 1.807) is 24.3 Å². The highest BCUT2D eigenvalue weighted by molar-refractivity contribution is 7.14.